The number of ether oxygens (including phenoxy) is 1. The number of ketones is 1. The zero-order chi connectivity index (χ0) is 11.8. The summed E-state index contributed by atoms with van der Waals surface area (Å²) in [4.78, 5) is 12.1. The van der Waals surface area contributed by atoms with Crippen molar-refractivity contribution in [2.45, 2.75) is 32.1 Å². The molecule has 3 rings (SSSR count). The van der Waals surface area contributed by atoms with Crippen molar-refractivity contribution < 1.29 is 14.6 Å². The van der Waals surface area contributed by atoms with Crippen molar-refractivity contribution in [3.63, 3.8) is 0 Å². The third-order valence-corrected chi connectivity index (χ3v) is 3.41. The van der Waals surface area contributed by atoms with Gasteiger partial charge in [0.15, 0.2) is 5.76 Å². The van der Waals surface area contributed by atoms with E-state index >= 15 is 0 Å². The largest absolute Gasteiger partial charge is 0.508 e. The molecule has 1 aliphatic heterocycles. The highest BCUT2D eigenvalue weighted by molar-refractivity contribution is 6.12. The highest BCUT2D eigenvalue weighted by Crippen LogP contribution is 2.37. The molecule has 1 aliphatic carbocycles. The highest BCUT2D eigenvalue weighted by Gasteiger charge is 2.30. The lowest BCUT2D eigenvalue weighted by atomic mass is 9.92. The van der Waals surface area contributed by atoms with Crippen LogP contribution < -0.4 is 4.74 Å². The number of allylic oxidation sites excluding steroid dienone is 2. The number of carbonyl (C=O) groups is 1. The van der Waals surface area contributed by atoms with Gasteiger partial charge in [-0.1, -0.05) is 6.42 Å². The molecule has 2 aliphatic rings. The van der Waals surface area contributed by atoms with Crippen molar-refractivity contribution in [3.05, 3.63) is 35.1 Å². The van der Waals surface area contributed by atoms with E-state index in [1.54, 1.807) is 6.07 Å². The second-order valence-electron chi connectivity index (χ2n) is 4.60. The third-order valence-electron chi connectivity index (χ3n) is 3.41. The molecule has 1 fully saturated rings. The number of hydrogen-bond acceptors (Lipinski definition) is 3. The van der Waals surface area contributed by atoms with E-state index in [1.807, 2.05) is 0 Å². The van der Waals surface area contributed by atoms with Gasteiger partial charge in [-0.2, -0.15) is 0 Å². The molecule has 1 aromatic carbocycles. The lowest BCUT2D eigenvalue weighted by molar-refractivity contribution is 0.101. The van der Waals surface area contributed by atoms with E-state index in [-0.39, 0.29) is 11.5 Å². The Hall–Kier alpha value is -1.77. The average molecular weight is 230 g/mol. The van der Waals surface area contributed by atoms with Crippen molar-refractivity contribution >= 4 is 5.78 Å². The molecule has 17 heavy (non-hydrogen) atoms. The summed E-state index contributed by atoms with van der Waals surface area (Å²) < 4.78 is 5.61. The molecule has 0 unspecified atom stereocenters. The van der Waals surface area contributed by atoms with Crippen LogP contribution in [0.15, 0.2) is 29.5 Å². The highest BCUT2D eigenvalue weighted by atomic mass is 16.5. The maximum Gasteiger partial charge on any atom is 0.231 e. The number of phenols is 1. The number of Topliss-reactive ketones (excluding diaryl/α,β-unsaturated/α-hetero) is 1. The summed E-state index contributed by atoms with van der Waals surface area (Å²) in [6.45, 7) is 0. The minimum Gasteiger partial charge on any atom is -0.508 e. The first-order chi connectivity index (χ1) is 8.25. The summed E-state index contributed by atoms with van der Waals surface area (Å²) in [5.41, 5.74) is 1.70. The topological polar surface area (TPSA) is 46.5 Å². The molecule has 1 N–H and O–H groups in total. The summed E-state index contributed by atoms with van der Waals surface area (Å²) in [5, 5.41) is 9.37. The molecular weight excluding hydrogens is 216 g/mol. The first-order valence-electron chi connectivity index (χ1n) is 6.03. The molecule has 3 nitrogen and oxygen atoms in total. The SMILES string of the molecule is O=C1C(=C2CCCCC2)Oc2cc(O)ccc21. The number of fused-ring (bicyclic) bond motifs is 1. The van der Waals surface area contributed by atoms with Crippen molar-refractivity contribution in [2.24, 2.45) is 0 Å². The van der Waals surface area contributed by atoms with E-state index < -0.39 is 0 Å². The van der Waals surface area contributed by atoms with Crippen LogP contribution in [0.2, 0.25) is 0 Å². The molecule has 0 bridgehead atoms. The molecule has 1 saturated carbocycles. The fourth-order valence-electron chi connectivity index (χ4n) is 2.50. The minimum atomic E-state index is -0.0306. The van der Waals surface area contributed by atoms with Gasteiger partial charge in [0, 0.05) is 6.07 Å². The molecule has 0 spiro atoms. The maximum absolute atomic E-state index is 12.1. The van der Waals surface area contributed by atoms with E-state index in [4.69, 9.17) is 4.74 Å². The van der Waals surface area contributed by atoms with Crippen molar-refractivity contribution in [1.29, 1.82) is 0 Å². The summed E-state index contributed by atoms with van der Waals surface area (Å²) in [7, 11) is 0. The van der Waals surface area contributed by atoms with Crippen molar-refractivity contribution in [2.75, 3.05) is 0 Å². The van der Waals surface area contributed by atoms with Crippen LogP contribution in [-0.2, 0) is 0 Å². The number of benzene rings is 1. The Morgan fingerprint density at radius 1 is 1.12 bits per heavy atom. The molecule has 0 atom stereocenters. The Morgan fingerprint density at radius 2 is 1.88 bits per heavy atom. The van der Waals surface area contributed by atoms with Crippen LogP contribution >= 0.6 is 0 Å². The number of rotatable bonds is 0. The Kier molecular flexibility index (Phi) is 2.39. The van der Waals surface area contributed by atoms with Crippen LogP contribution in [-0.4, -0.2) is 10.9 Å². The molecule has 88 valence electrons. The second-order valence-corrected chi connectivity index (χ2v) is 4.60. The van der Waals surface area contributed by atoms with Crippen LogP contribution in [0.1, 0.15) is 42.5 Å². The summed E-state index contributed by atoms with van der Waals surface area (Å²) in [5.74, 6) is 1.09. The normalized spacial score (nSPS) is 19.2. The molecule has 0 aromatic heterocycles. The Bertz CT molecular complexity index is 506. The monoisotopic (exact) mass is 230 g/mol. The number of carbonyl (C=O) groups excluding carboxylic acids is 1. The van der Waals surface area contributed by atoms with Crippen LogP contribution in [0.4, 0.5) is 0 Å². The van der Waals surface area contributed by atoms with Crippen LogP contribution in [0.25, 0.3) is 0 Å². The number of aromatic hydroxyl groups is 1. The van der Waals surface area contributed by atoms with Crippen molar-refractivity contribution in [1.82, 2.24) is 0 Å². The van der Waals surface area contributed by atoms with E-state index in [9.17, 15) is 9.90 Å². The standard InChI is InChI=1S/C14H14O3/c15-10-6-7-11-12(8-10)17-14(13(11)16)9-4-2-1-3-5-9/h6-8,15H,1-5H2. The van der Waals surface area contributed by atoms with Crippen LogP contribution in [0, 0.1) is 0 Å². The third kappa shape index (κ3) is 1.71. The van der Waals surface area contributed by atoms with Gasteiger partial charge in [-0.05, 0) is 43.4 Å². The second kappa shape index (κ2) is 3.91. The van der Waals surface area contributed by atoms with Crippen LogP contribution in [0.3, 0.4) is 0 Å². The quantitative estimate of drug-likeness (QED) is 0.696. The van der Waals surface area contributed by atoms with Gasteiger partial charge in [0.05, 0.1) is 5.56 Å². The molecular formula is C14H14O3. The van der Waals surface area contributed by atoms with Gasteiger partial charge in [0.2, 0.25) is 5.78 Å². The molecule has 3 heteroatoms. The first-order valence-corrected chi connectivity index (χ1v) is 6.03. The fraction of sp³-hybridized carbons (Fsp3) is 0.357. The first kappa shape index (κ1) is 10.4. The zero-order valence-corrected chi connectivity index (χ0v) is 9.53. The molecule has 0 saturated heterocycles. The van der Waals surface area contributed by atoms with Gasteiger partial charge in [0.1, 0.15) is 11.5 Å². The minimum absolute atomic E-state index is 0.0306. The van der Waals surface area contributed by atoms with E-state index in [2.05, 4.69) is 0 Å². The summed E-state index contributed by atoms with van der Waals surface area (Å²) >= 11 is 0. The predicted molar refractivity (Wildman–Crippen MR) is 63.2 cm³/mol. The fourth-order valence-corrected chi connectivity index (χ4v) is 2.50. The molecule has 1 aromatic rings. The predicted octanol–water partition coefficient (Wildman–Crippen LogP) is 3.19. The van der Waals surface area contributed by atoms with E-state index in [0.29, 0.717) is 17.1 Å². The van der Waals surface area contributed by atoms with E-state index in [0.717, 1.165) is 31.3 Å². The van der Waals surface area contributed by atoms with Gasteiger partial charge in [-0.25, -0.2) is 0 Å². The Labute approximate surface area is 99.7 Å². The molecule has 1 heterocycles. The van der Waals surface area contributed by atoms with Gasteiger partial charge < -0.3 is 9.84 Å². The molecule has 0 amide bonds. The zero-order valence-electron chi connectivity index (χ0n) is 9.53. The summed E-state index contributed by atoms with van der Waals surface area (Å²) in [6, 6.07) is 4.65. The molecule has 0 radical (unpaired) electrons. The van der Waals surface area contributed by atoms with Crippen LogP contribution in [0.5, 0.6) is 11.5 Å². The summed E-state index contributed by atoms with van der Waals surface area (Å²) in [6.07, 6.45) is 5.43. The lowest BCUT2D eigenvalue weighted by Gasteiger charge is -2.14. The Morgan fingerprint density at radius 3 is 2.65 bits per heavy atom. The van der Waals surface area contributed by atoms with Gasteiger partial charge in [0.25, 0.3) is 0 Å². The Balaban J connectivity index is 2.00. The maximum atomic E-state index is 12.1. The van der Waals surface area contributed by atoms with Gasteiger partial charge in [-0.3, -0.25) is 4.79 Å². The van der Waals surface area contributed by atoms with Crippen molar-refractivity contribution in [3.8, 4) is 11.5 Å². The average Bonchev–Trinajstić information content (AvgIpc) is 2.67. The van der Waals surface area contributed by atoms with Gasteiger partial charge in [-0.15, -0.1) is 0 Å². The lowest BCUT2D eigenvalue weighted by Crippen LogP contribution is -2.06. The van der Waals surface area contributed by atoms with E-state index in [1.165, 1.54) is 18.6 Å². The van der Waals surface area contributed by atoms with Gasteiger partial charge >= 0.3 is 0 Å². The number of phenolic OH excluding ortho intramolecular Hbond substituents is 1. The smallest absolute Gasteiger partial charge is 0.231 e. The number of hydrogen-bond donors (Lipinski definition) is 1.